The third-order valence-electron chi connectivity index (χ3n) is 4.32. The molecule has 3 rings (SSSR count). The molecule has 0 saturated carbocycles. The number of aryl methyl sites for hydroxylation is 1. The molecule has 1 aromatic heterocycles. The van der Waals surface area contributed by atoms with Crippen LogP contribution in [0.25, 0.3) is 0 Å². The number of sulfonamides is 1. The maximum Gasteiger partial charge on any atom is 0.240 e. The highest BCUT2D eigenvalue weighted by Crippen LogP contribution is 2.17. The van der Waals surface area contributed by atoms with Gasteiger partial charge in [-0.25, -0.2) is 18.1 Å². The van der Waals surface area contributed by atoms with Crippen LogP contribution in [0.15, 0.2) is 35.2 Å². The summed E-state index contributed by atoms with van der Waals surface area (Å²) in [6, 6.07) is 8.28. The van der Waals surface area contributed by atoms with Crippen LogP contribution in [0.4, 0.5) is 11.8 Å². The molecule has 1 saturated heterocycles. The minimum absolute atomic E-state index is 0.197. The standard InChI is InChI=1S/C19H27N5O4S/c1-3-28-16-4-6-17(7-5-16)29(25,26)21-9-8-20-19-22-15(2)14-18(23-19)24-10-12-27-13-11-24/h4-7,14,21H,3,8-13H2,1-2H3,(H,20,22,23). The molecule has 2 N–H and O–H groups in total. The van der Waals surface area contributed by atoms with E-state index in [1.165, 1.54) is 12.1 Å². The van der Waals surface area contributed by atoms with Crippen LogP contribution >= 0.6 is 0 Å². The summed E-state index contributed by atoms with van der Waals surface area (Å²) in [5.41, 5.74) is 0.846. The van der Waals surface area contributed by atoms with Gasteiger partial charge in [0.05, 0.1) is 24.7 Å². The lowest BCUT2D eigenvalue weighted by Crippen LogP contribution is -2.37. The van der Waals surface area contributed by atoms with Crippen molar-refractivity contribution < 1.29 is 17.9 Å². The van der Waals surface area contributed by atoms with E-state index in [-0.39, 0.29) is 11.4 Å². The maximum atomic E-state index is 12.4. The van der Waals surface area contributed by atoms with Crippen LogP contribution in [0, 0.1) is 6.92 Å². The first-order valence-electron chi connectivity index (χ1n) is 9.63. The lowest BCUT2D eigenvalue weighted by atomic mass is 10.3. The Morgan fingerprint density at radius 2 is 1.86 bits per heavy atom. The van der Waals surface area contributed by atoms with Crippen molar-refractivity contribution in [2.75, 3.05) is 56.2 Å². The van der Waals surface area contributed by atoms with Crippen LogP contribution in [-0.4, -0.2) is 64.4 Å². The number of ether oxygens (including phenoxy) is 2. The van der Waals surface area contributed by atoms with E-state index in [1.807, 2.05) is 19.9 Å². The molecule has 0 amide bonds. The molecular weight excluding hydrogens is 394 g/mol. The van der Waals surface area contributed by atoms with Crippen LogP contribution < -0.4 is 19.7 Å². The molecule has 158 valence electrons. The summed E-state index contributed by atoms with van der Waals surface area (Å²) in [4.78, 5) is 11.3. The predicted octanol–water partition coefficient (Wildman–Crippen LogP) is 1.41. The van der Waals surface area contributed by atoms with Gasteiger partial charge < -0.3 is 19.7 Å². The quantitative estimate of drug-likeness (QED) is 0.586. The second-order valence-corrected chi connectivity index (χ2v) is 8.29. The molecule has 29 heavy (non-hydrogen) atoms. The highest BCUT2D eigenvalue weighted by atomic mass is 32.2. The van der Waals surface area contributed by atoms with Gasteiger partial charge in [0.15, 0.2) is 0 Å². The number of anilines is 2. The van der Waals surface area contributed by atoms with Crippen molar-refractivity contribution in [2.24, 2.45) is 0 Å². The Labute approximate surface area is 171 Å². The number of aromatic nitrogens is 2. The number of morpholine rings is 1. The lowest BCUT2D eigenvalue weighted by molar-refractivity contribution is 0.122. The molecule has 2 heterocycles. The van der Waals surface area contributed by atoms with Gasteiger partial charge in [0.1, 0.15) is 11.6 Å². The normalized spacial score (nSPS) is 14.6. The molecule has 0 aliphatic carbocycles. The second kappa shape index (κ2) is 9.86. The van der Waals surface area contributed by atoms with Crippen LogP contribution in [0.1, 0.15) is 12.6 Å². The highest BCUT2D eigenvalue weighted by Gasteiger charge is 2.15. The zero-order chi connectivity index (χ0) is 20.7. The summed E-state index contributed by atoms with van der Waals surface area (Å²) in [5.74, 6) is 1.96. The highest BCUT2D eigenvalue weighted by molar-refractivity contribution is 7.89. The van der Waals surface area contributed by atoms with Crippen molar-refractivity contribution in [1.29, 1.82) is 0 Å². The third-order valence-corrected chi connectivity index (χ3v) is 5.80. The molecule has 0 atom stereocenters. The number of nitrogens with one attached hydrogen (secondary N) is 2. The van der Waals surface area contributed by atoms with E-state index in [9.17, 15) is 8.42 Å². The first kappa shape index (κ1) is 21.3. The SMILES string of the molecule is CCOc1ccc(S(=O)(=O)NCCNc2nc(C)cc(N3CCOCC3)n2)cc1. The van der Waals surface area contributed by atoms with Crippen molar-refractivity contribution >= 4 is 21.8 Å². The molecule has 0 radical (unpaired) electrons. The van der Waals surface area contributed by atoms with E-state index in [2.05, 4.69) is 24.9 Å². The average molecular weight is 422 g/mol. The Hall–Kier alpha value is -2.43. The topological polar surface area (TPSA) is 106 Å². The maximum absolute atomic E-state index is 12.4. The van der Waals surface area contributed by atoms with Gasteiger partial charge in [0.25, 0.3) is 0 Å². The van der Waals surface area contributed by atoms with Crippen LogP contribution in [0.3, 0.4) is 0 Å². The lowest BCUT2D eigenvalue weighted by Gasteiger charge is -2.28. The van der Waals surface area contributed by atoms with Gasteiger partial charge in [0, 0.05) is 37.9 Å². The largest absolute Gasteiger partial charge is 0.494 e. The van der Waals surface area contributed by atoms with E-state index in [1.54, 1.807) is 12.1 Å². The summed E-state index contributed by atoms with van der Waals surface area (Å²) in [5, 5.41) is 3.09. The van der Waals surface area contributed by atoms with Gasteiger partial charge in [-0.05, 0) is 38.1 Å². The Bertz CT molecular complexity index is 899. The zero-order valence-electron chi connectivity index (χ0n) is 16.7. The first-order valence-corrected chi connectivity index (χ1v) is 11.1. The van der Waals surface area contributed by atoms with Gasteiger partial charge in [0.2, 0.25) is 16.0 Å². The molecule has 1 aromatic carbocycles. The number of nitrogens with zero attached hydrogens (tertiary/aromatic N) is 3. The zero-order valence-corrected chi connectivity index (χ0v) is 17.5. The molecule has 2 aromatic rings. The number of benzene rings is 1. The number of hydrogen-bond donors (Lipinski definition) is 2. The van der Waals surface area contributed by atoms with Crippen molar-refractivity contribution in [1.82, 2.24) is 14.7 Å². The summed E-state index contributed by atoms with van der Waals surface area (Å²) in [6.07, 6.45) is 0. The van der Waals surface area contributed by atoms with Crippen molar-refractivity contribution in [3.8, 4) is 5.75 Å². The Morgan fingerprint density at radius 1 is 1.14 bits per heavy atom. The second-order valence-electron chi connectivity index (χ2n) is 6.52. The molecule has 9 nitrogen and oxygen atoms in total. The van der Waals surface area contributed by atoms with E-state index in [0.29, 0.717) is 38.1 Å². The predicted molar refractivity (Wildman–Crippen MR) is 111 cm³/mol. The smallest absolute Gasteiger partial charge is 0.240 e. The molecule has 0 bridgehead atoms. The van der Waals surface area contributed by atoms with E-state index < -0.39 is 10.0 Å². The van der Waals surface area contributed by atoms with Crippen LogP contribution in [0.2, 0.25) is 0 Å². The molecular formula is C19H27N5O4S. The summed E-state index contributed by atoms with van der Waals surface area (Å²) in [7, 11) is -3.59. The number of hydrogen-bond acceptors (Lipinski definition) is 8. The van der Waals surface area contributed by atoms with Crippen LogP contribution in [0.5, 0.6) is 5.75 Å². The van der Waals surface area contributed by atoms with Crippen molar-refractivity contribution in [3.05, 3.63) is 36.0 Å². The molecule has 1 aliphatic heterocycles. The van der Waals surface area contributed by atoms with Gasteiger partial charge in [-0.3, -0.25) is 0 Å². The molecule has 10 heteroatoms. The van der Waals surface area contributed by atoms with E-state index >= 15 is 0 Å². The van der Waals surface area contributed by atoms with E-state index in [0.717, 1.165) is 24.6 Å². The van der Waals surface area contributed by atoms with E-state index in [4.69, 9.17) is 9.47 Å². The average Bonchev–Trinajstić information content (AvgIpc) is 2.72. The van der Waals surface area contributed by atoms with Gasteiger partial charge in [-0.1, -0.05) is 0 Å². The fourth-order valence-corrected chi connectivity index (χ4v) is 3.94. The Balaban J connectivity index is 1.53. The molecule has 1 aliphatic rings. The monoisotopic (exact) mass is 421 g/mol. The third kappa shape index (κ3) is 6.02. The Morgan fingerprint density at radius 3 is 2.55 bits per heavy atom. The van der Waals surface area contributed by atoms with Crippen molar-refractivity contribution in [2.45, 2.75) is 18.7 Å². The number of rotatable bonds is 9. The fraction of sp³-hybridized carbons (Fsp3) is 0.474. The van der Waals surface area contributed by atoms with Gasteiger partial charge in [-0.15, -0.1) is 0 Å². The summed E-state index contributed by atoms with van der Waals surface area (Å²) < 4.78 is 38.1. The minimum atomic E-state index is -3.59. The Kier molecular flexibility index (Phi) is 7.24. The van der Waals surface area contributed by atoms with Gasteiger partial charge >= 0.3 is 0 Å². The molecule has 1 fully saturated rings. The van der Waals surface area contributed by atoms with Crippen LogP contribution in [-0.2, 0) is 14.8 Å². The minimum Gasteiger partial charge on any atom is -0.494 e. The van der Waals surface area contributed by atoms with Gasteiger partial charge in [-0.2, -0.15) is 4.98 Å². The first-order chi connectivity index (χ1) is 14.0. The molecule has 0 spiro atoms. The summed E-state index contributed by atoms with van der Waals surface area (Å²) >= 11 is 0. The summed E-state index contributed by atoms with van der Waals surface area (Å²) in [6.45, 7) is 7.83. The van der Waals surface area contributed by atoms with Crippen molar-refractivity contribution in [3.63, 3.8) is 0 Å². The fourth-order valence-electron chi connectivity index (χ4n) is 2.91. The molecule has 0 unspecified atom stereocenters.